The van der Waals surface area contributed by atoms with E-state index in [0.29, 0.717) is 6.42 Å². The van der Waals surface area contributed by atoms with Gasteiger partial charge in [-0.05, 0) is 30.5 Å². The van der Waals surface area contributed by atoms with E-state index in [1.807, 2.05) is 32.0 Å². The largest absolute Gasteiger partial charge is 0.478 e. The predicted octanol–water partition coefficient (Wildman–Crippen LogP) is 3.46. The van der Waals surface area contributed by atoms with Crippen LogP contribution in [0.15, 0.2) is 18.2 Å². The smallest absolute Gasteiger partial charge is 0.339 e. The lowest BCUT2D eigenvalue weighted by Gasteiger charge is -2.10. The van der Waals surface area contributed by atoms with Crippen LogP contribution in [0.3, 0.4) is 0 Å². The van der Waals surface area contributed by atoms with Crippen LogP contribution in [0.25, 0.3) is 10.9 Å². The van der Waals surface area contributed by atoms with Crippen LogP contribution in [0.1, 0.15) is 28.4 Å². The Balaban J connectivity index is 2.90. The average molecular weight is 250 g/mol. The number of benzene rings is 1. The van der Waals surface area contributed by atoms with Crippen LogP contribution in [0.4, 0.5) is 0 Å². The number of carbonyl (C=O) groups is 1. The van der Waals surface area contributed by atoms with E-state index >= 15 is 0 Å². The zero-order valence-corrected chi connectivity index (χ0v) is 10.4. The van der Waals surface area contributed by atoms with Gasteiger partial charge in [0.25, 0.3) is 0 Å². The number of carboxylic acid groups (broad SMARTS) is 1. The molecule has 0 aliphatic heterocycles. The first kappa shape index (κ1) is 11.9. The van der Waals surface area contributed by atoms with Crippen LogP contribution in [0.2, 0.25) is 5.15 Å². The molecule has 0 aliphatic carbocycles. The lowest BCUT2D eigenvalue weighted by Crippen LogP contribution is -2.05. The number of carboxylic acids is 1. The molecular formula is C13H12ClNO2. The molecule has 1 N–H and O–H groups in total. The van der Waals surface area contributed by atoms with Gasteiger partial charge in [0.05, 0.1) is 5.52 Å². The monoisotopic (exact) mass is 249 g/mol. The van der Waals surface area contributed by atoms with Crippen LogP contribution >= 0.6 is 11.6 Å². The molecule has 0 saturated carbocycles. The Morgan fingerprint density at radius 1 is 1.47 bits per heavy atom. The molecule has 4 heteroatoms. The number of nitrogens with zero attached hydrogens (tertiary/aromatic N) is 1. The fourth-order valence-corrected chi connectivity index (χ4v) is 2.28. The summed E-state index contributed by atoms with van der Waals surface area (Å²) in [6, 6.07) is 5.76. The highest BCUT2D eigenvalue weighted by Gasteiger charge is 2.18. The highest BCUT2D eigenvalue weighted by molar-refractivity contribution is 6.33. The van der Waals surface area contributed by atoms with Gasteiger partial charge in [-0.15, -0.1) is 0 Å². The van der Waals surface area contributed by atoms with Crippen molar-refractivity contribution in [3.63, 3.8) is 0 Å². The predicted molar refractivity (Wildman–Crippen MR) is 67.8 cm³/mol. The maximum atomic E-state index is 11.2. The van der Waals surface area contributed by atoms with Crippen LogP contribution < -0.4 is 0 Å². The Bertz CT molecular complexity index is 608. The maximum absolute atomic E-state index is 11.2. The molecule has 0 fully saturated rings. The molecule has 1 heterocycles. The second kappa shape index (κ2) is 4.34. The lowest BCUT2D eigenvalue weighted by atomic mass is 10.0. The van der Waals surface area contributed by atoms with Crippen molar-refractivity contribution < 1.29 is 9.90 Å². The summed E-state index contributed by atoms with van der Waals surface area (Å²) in [5, 5.41) is 10.1. The van der Waals surface area contributed by atoms with E-state index in [-0.39, 0.29) is 10.7 Å². The summed E-state index contributed by atoms with van der Waals surface area (Å²) < 4.78 is 0. The van der Waals surface area contributed by atoms with Gasteiger partial charge in [-0.25, -0.2) is 9.78 Å². The molecule has 17 heavy (non-hydrogen) atoms. The van der Waals surface area contributed by atoms with Gasteiger partial charge < -0.3 is 5.11 Å². The quantitative estimate of drug-likeness (QED) is 0.830. The highest BCUT2D eigenvalue weighted by Crippen LogP contribution is 2.27. The first-order chi connectivity index (χ1) is 8.04. The van der Waals surface area contributed by atoms with E-state index in [0.717, 1.165) is 22.0 Å². The topological polar surface area (TPSA) is 50.2 Å². The van der Waals surface area contributed by atoms with Gasteiger partial charge in [-0.3, -0.25) is 0 Å². The van der Waals surface area contributed by atoms with Crippen molar-refractivity contribution in [3.05, 3.63) is 40.0 Å². The van der Waals surface area contributed by atoms with Crippen molar-refractivity contribution in [2.45, 2.75) is 20.3 Å². The Morgan fingerprint density at radius 3 is 2.76 bits per heavy atom. The number of hydrogen-bond acceptors (Lipinski definition) is 2. The molecule has 2 aromatic rings. The van der Waals surface area contributed by atoms with Crippen LogP contribution in [0, 0.1) is 6.92 Å². The summed E-state index contributed by atoms with van der Waals surface area (Å²) in [5.41, 5.74) is 2.68. The standard InChI is InChI=1S/C13H12ClNO2/c1-3-8-9-5-4-7(2)6-10(9)15-12(14)11(8)13(16)17/h4-6H,3H2,1-2H3,(H,16,17). The molecule has 0 saturated heterocycles. The van der Waals surface area contributed by atoms with Gasteiger partial charge in [0, 0.05) is 5.39 Å². The minimum Gasteiger partial charge on any atom is -0.478 e. The van der Waals surface area contributed by atoms with Crippen molar-refractivity contribution in [2.24, 2.45) is 0 Å². The Labute approximate surface area is 104 Å². The molecule has 0 radical (unpaired) electrons. The molecule has 0 amide bonds. The molecular weight excluding hydrogens is 238 g/mol. The maximum Gasteiger partial charge on any atom is 0.339 e. The summed E-state index contributed by atoms with van der Waals surface area (Å²) >= 11 is 5.94. The van der Waals surface area contributed by atoms with E-state index in [1.165, 1.54) is 0 Å². The van der Waals surface area contributed by atoms with Gasteiger partial charge in [-0.2, -0.15) is 0 Å². The van der Waals surface area contributed by atoms with Crippen molar-refractivity contribution in [3.8, 4) is 0 Å². The van der Waals surface area contributed by atoms with Crippen LogP contribution in [-0.2, 0) is 6.42 Å². The third kappa shape index (κ3) is 1.98. The van der Waals surface area contributed by atoms with Gasteiger partial charge in [0.15, 0.2) is 0 Å². The summed E-state index contributed by atoms with van der Waals surface area (Å²) in [5.74, 6) is -1.03. The molecule has 2 rings (SSSR count). The lowest BCUT2D eigenvalue weighted by molar-refractivity contribution is 0.0696. The number of hydrogen-bond donors (Lipinski definition) is 1. The number of aromatic carboxylic acids is 1. The molecule has 0 unspecified atom stereocenters. The minimum atomic E-state index is -1.03. The highest BCUT2D eigenvalue weighted by atomic mass is 35.5. The fourth-order valence-electron chi connectivity index (χ4n) is 1.99. The van der Waals surface area contributed by atoms with Crippen LogP contribution in [-0.4, -0.2) is 16.1 Å². The first-order valence-electron chi connectivity index (χ1n) is 5.36. The van der Waals surface area contributed by atoms with E-state index in [1.54, 1.807) is 0 Å². The number of halogens is 1. The van der Waals surface area contributed by atoms with Crippen molar-refractivity contribution in [1.29, 1.82) is 0 Å². The summed E-state index contributed by atoms with van der Waals surface area (Å²) in [6.45, 7) is 3.88. The molecule has 0 atom stereocenters. The first-order valence-corrected chi connectivity index (χ1v) is 5.74. The summed E-state index contributed by atoms with van der Waals surface area (Å²) in [6.07, 6.45) is 0.615. The van der Waals surface area contributed by atoms with Crippen LogP contribution in [0.5, 0.6) is 0 Å². The number of fused-ring (bicyclic) bond motifs is 1. The van der Waals surface area contributed by atoms with E-state index in [4.69, 9.17) is 16.7 Å². The third-order valence-electron chi connectivity index (χ3n) is 2.77. The van der Waals surface area contributed by atoms with E-state index in [9.17, 15) is 4.79 Å². The summed E-state index contributed by atoms with van der Waals surface area (Å²) in [4.78, 5) is 15.3. The number of pyridine rings is 1. The van der Waals surface area contributed by atoms with Crippen molar-refractivity contribution in [1.82, 2.24) is 4.98 Å². The van der Waals surface area contributed by atoms with E-state index in [2.05, 4.69) is 4.98 Å². The number of aryl methyl sites for hydroxylation is 2. The van der Waals surface area contributed by atoms with Crippen molar-refractivity contribution >= 4 is 28.5 Å². The zero-order valence-electron chi connectivity index (χ0n) is 9.62. The van der Waals surface area contributed by atoms with Gasteiger partial charge in [-0.1, -0.05) is 30.7 Å². The second-order valence-corrected chi connectivity index (χ2v) is 4.29. The molecule has 0 aliphatic rings. The SMILES string of the molecule is CCc1c(C(=O)O)c(Cl)nc2cc(C)ccc12. The molecule has 88 valence electrons. The van der Waals surface area contributed by atoms with Gasteiger partial charge in [0.1, 0.15) is 10.7 Å². The van der Waals surface area contributed by atoms with Gasteiger partial charge >= 0.3 is 5.97 Å². The molecule has 1 aromatic carbocycles. The molecule has 0 bridgehead atoms. The van der Waals surface area contributed by atoms with Crippen molar-refractivity contribution in [2.75, 3.05) is 0 Å². The molecule has 0 spiro atoms. The average Bonchev–Trinajstić information content (AvgIpc) is 2.26. The van der Waals surface area contributed by atoms with E-state index < -0.39 is 5.97 Å². The third-order valence-corrected chi connectivity index (χ3v) is 3.05. The Kier molecular flexibility index (Phi) is 3.03. The summed E-state index contributed by atoms with van der Waals surface area (Å²) in [7, 11) is 0. The normalized spacial score (nSPS) is 10.8. The molecule has 1 aromatic heterocycles. The molecule has 3 nitrogen and oxygen atoms in total. The Morgan fingerprint density at radius 2 is 2.18 bits per heavy atom. The minimum absolute atomic E-state index is 0.0625. The number of aromatic nitrogens is 1. The second-order valence-electron chi connectivity index (χ2n) is 3.94. The fraction of sp³-hybridized carbons (Fsp3) is 0.231. The Hall–Kier alpha value is -1.61. The zero-order chi connectivity index (χ0) is 12.6. The number of rotatable bonds is 2. The van der Waals surface area contributed by atoms with Gasteiger partial charge in [0.2, 0.25) is 0 Å².